The number of likely N-dealkylation sites (tertiary alicyclic amines) is 1. The molecule has 6 heteroatoms. The van der Waals surface area contributed by atoms with Gasteiger partial charge in [0, 0.05) is 19.1 Å². The summed E-state index contributed by atoms with van der Waals surface area (Å²) in [6.45, 7) is 7.35. The Balaban J connectivity index is 0.000000970. The number of carboxylic acid groups (broad SMARTS) is 1. The van der Waals surface area contributed by atoms with Gasteiger partial charge in [0.2, 0.25) is 0 Å². The molecule has 0 bridgehead atoms. The van der Waals surface area contributed by atoms with Crippen molar-refractivity contribution >= 4 is 6.47 Å². The summed E-state index contributed by atoms with van der Waals surface area (Å²) in [5, 5.41) is 16.6. The monoisotopic (exact) mass is 353 g/mol. The van der Waals surface area contributed by atoms with Crippen molar-refractivity contribution in [1.29, 1.82) is 0 Å². The molecule has 0 amide bonds. The lowest BCUT2D eigenvalue weighted by Gasteiger charge is -2.37. The number of aliphatic hydroxyl groups excluding tert-OH is 1. The van der Waals surface area contributed by atoms with Gasteiger partial charge in [0.05, 0.1) is 12.7 Å². The molecule has 25 heavy (non-hydrogen) atoms. The molecular formula is C19H31NO5. The van der Waals surface area contributed by atoms with E-state index in [9.17, 15) is 5.11 Å². The number of rotatable bonds is 8. The molecule has 0 aliphatic carbocycles. The molecule has 2 N–H and O–H groups in total. The van der Waals surface area contributed by atoms with E-state index in [4.69, 9.17) is 19.4 Å². The second-order valence-electron chi connectivity index (χ2n) is 6.05. The molecule has 2 atom stereocenters. The molecule has 0 spiro atoms. The molecule has 0 saturated carbocycles. The summed E-state index contributed by atoms with van der Waals surface area (Å²) in [4.78, 5) is 10.8. The fraction of sp³-hybridized carbons (Fsp3) is 0.632. The van der Waals surface area contributed by atoms with Crippen LogP contribution >= 0.6 is 0 Å². The number of benzene rings is 1. The average molecular weight is 353 g/mol. The molecule has 2 rings (SSSR count). The number of hydrogen-bond donors (Lipinski definition) is 2. The number of aliphatic hydroxyl groups is 1. The maximum absolute atomic E-state index is 9.75. The largest absolute Gasteiger partial charge is 0.494 e. The molecule has 1 aliphatic rings. The van der Waals surface area contributed by atoms with Crippen LogP contribution < -0.4 is 9.47 Å². The zero-order valence-electron chi connectivity index (χ0n) is 15.3. The zero-order chi connectivity index (χ0) is 18.5. The standard InChI is InChI=1S/C18H29NO3.CH2O2/c1-3-12-21-17-5-7-18(8-6-17)22-13-11-19-10-9-16(20)14-15(19)4-2;2-1-3/h5-8,15-16,20H,3-4,9-14H2,1-2H3;1H,(H,2,3)/t15-,16-;/m0./s1. The van der Waals surface area contributed by atoms with Gasteiger partial charge in [0.15, 0.2) is 0 Å². The van der Waals surface area contributed by atoms with E-state index in [1.165, 1.54) is 0 Å². The fourth-order valence-corrected chi connectivity index (χ4v) is 2.93. The summed E-state index contributed by atoms with van der Waals surface area (Å²) in [5.41, 5.74) is 0. The van der Waals surface area contributed by atoms with Gasteiger partial charge in [0.25, 0.3) is 6.47 Å². The Bertz CT molecular complexity index is 465. The molecule has 1 aromatic carbocycles. The van der Waals surface area contributed by atoms with Gasteiger partial charge >= 0.3 is 0 Å². The van der Waals surface area contributed by atoms with Crippen molar-refractivity contribution in [3.63, 3.8) is 0 Å². The van der Waals surface area contributed by atoms with Crippen LogP contribution in [0.1, 0.15) is 39.5 Å². The van der Waals surface area contributed by atoms with E-state index in [0.29, 0.717) is 12.6 Å². The Hall–Kier alpha value is -1.79. The average Bonchev–Trinajstić information content (AvgIpc) is 2.63. The fourth-order valence-electron chi connectivity index (χ4n) is 2.93. The van der Waals surface area contributed by atoms with E-state index < -0.39 is 0 Å². The Morgan fingerprint density at radius 3 is 2.24 bits per heavy atom. The number of ether oxygens (including phenoxy) is 2. The SMILES string of the molecule is CCCOc1ccc(OCCN2CC[C@H](O)C[C@@H]2CC)cc1.O=CO. The molecule has 0 aromatic heterocycles. The topological polar surface area (TPSA) is 79.2 Å². The zero-order valence-corrected chi connectivity index (χ0v) is 15.3. The Kier molecular flexibility index (Phi) is 10.7. The van der Waals surface area contributed by atoms with Gasteiger partial charge in [-0.3, -0.25) is 9.69 Å². The van der Waals surface area contributed by atoms with Gasteiger partial charge in [-0.1, -0.05) is 13.8 Å². The number of nitrogens with zero attached hydrogens (tertiary/aromatic N) is 1. The minimum absolute atomic E-state index is 0.127. The lowest BCUT2D eigenvalue weighted by molar-refractivity contribution is -0.122. The van der Waals surface area contributed by atoms with Gasteiger partial charge in [-0.25, -0.2) is 0 Å². The van der Waals surface area contributed by atoms with Crippen LogP contribution in [0.3, 0.4) is 0 Å². The van der Waals surface area contributed by atoms with Crippen LogP contribution in [0.4, 0.5) is 0 Å². The molecule has 0 unspecified atom stereocenters. The van der Waals surface area contributed by atoms with Crippen LogP contribution in [-0.2, 0) is 4.79 Å². The molecule has 1 fully saturated rings. The van der Waals surface area contributed by atoms with E-state index in [1.807, 2.05) is 24.3 Å². The highest BCUT2D eigenvalue weighted by molar-refractivity contribution is 5.32. The second kappa shape index (κ2) is 12.6. The summed E-state index contributed by atoms with van der Waals surface area (Å²) in [6, 6.07) is 8.32. The van der Waals surface area contributed by atoms with Crippen molar-refractivity contribution in [3.8, 4) is 11.5 Å². The first kappa shape index (κ1) is 21.3. The Morgan fingerprint density at radius 1 is 1.16 bits per heavy atom. The smallest absolute Gasteiger partial charge is 0.290 e. The third-order valence-electron chi connectivity index (χ3n) is 4.23. The normalized spacial score (nSPS) is 20.3. The lowest BCUT2D eigenvalue weighted by Crippen LogP contribution is -2.45. The first-order valence-corrected chi connectivity index (χ1v) is 9.00. The summed E-state index contributed by atoms with van der Waals surface area (Å²) >= 11 is 0. The summed E-state index contributed by atoms with van der Waals surface area (Å²) < 4.78 is 11.4. The van der Waals surface area contributed by atoms with E-state index in [2.05, 4.69) is 18.7 Å². The highest BCUT2D eigenvalue weighted by Crippen LogP contribution is 2.21. The number of piperidine rings is 1. The molecular weight excluding hydrogens is 322 g/mol. The Labute approximate surface area is 150 Å². The van der Waals surface area contributed by atoms with E-state index >= 15 is 0 Å². The molecule has 1 aliphatic heterocycles. The number of carbonyl (C=O) groups is 1. The highest BCUT2D eigenvalue weighted by Gasteiger charge is 2.25. The van der Waals surface area contributed by atoms with Crippen LogP contribution in [-0.4, -0.2) is 60.0 Å². The first-order valence-electron chi connectivity index (χ1n) is 9.00. The molecule has 1 aromatic rings. The minimum atomic E-state index is -0.250. The molecule has 1 heterocycles. The van der Waals surface area contributed by atoms with Crippen molar-refractivity contribution in [3.05, 3.63) is 24.3 Å². The summed E-state index contributed by atoms with van der Waals surface area (Å²) in [5.74, 6) is 1.78. The molecule has 6 nitrogen and oxygen atoms in total. The summed E-state index contributed by atoms with van der Waals surface area (Å²) in [7, 11) is 0. The van der Waals surface area contributed by atoms with Crippen molar-refractivity contribution in [1.82, 2.24) is 4.90 Å². The van der Waals surface area contributed by atoms with Crippen LogP contribution in [0.15, 0.2) is 24.3 Å². The third kappa shape index (κ3) is 8.23. The van der Waals surface area contributed by atoms with E-state index in [1.54, 1.807) is 0 Å². The number of hydrogen-bond acceptors (Lipinski definition) is 5. The van der Waals surface area contributed by atoms with Crippen LogP contribution in [0.2, 0.25) is 0 Å². The van der Waals surface area contributed by atoms with Gasteiger partial charge < -0.3 is 19.7 Å². The lowest BCUT2D eigenvalue weighted by atomic mass is 9.98. The second-order valence-corrected chi connectivity index (χ2v) is 6.05. The predicted octanol–water partition coefficient (Wildman–Crippen LogP) is 2.79. The minimum Gasteiger partial charge on any atom is -0.494 e. The first-order chi connectivity index (χ1) is 12.1. The maximum Gasteiger partial charge on any atom is 0.290 e. The van der Waals surface area contributed by atoms with E-state index in [-0.39, 0.29) is 12.6 Å². The van der Waals surface area contributed by atoms with Crippen LogP contribution in [0, 0.1) is 0 Å². The highest BCUT2D eigenvalue weighted by atomic mass is 16.5. The molecule has 1 saturated heterocycles. The van der Waals surface area contributed by atoms with Crippen molar-refractivity contribution < 1.29 is 24.5 Å². The van der Waals surface area contributed by atoms with Crippen LogP contribution in [0.25, 0.3) is 0 Å². The third-order valence-corrected chi connectivity index (χ3v) is 4.23. The van der Waals surface area contributed by atoms with E-state index in [0.717, 1.165) is 56.9 Å². The maximum atomic E-state index is 9.75. The van der Waals surface area contributed by atoms with Crippen molar-refractivity contribution in [2.45, 2.75) is 51.7 Å². The molecule has 0 radical (unpaired) electrons. The van der Waals surface area contributed by atoms with Crippen molar-refractivity contribution in [2.75, 3.05) is 26.3 Å². The van der Waals surface area contributed by atoms with Gasteiger partial charge in [-0.05, 0) is 49.9 Å². The summed E-state index contributed by atoms with van der Waals surface area (Å²) in [6.07, 6.45) is 3.74. The van der Waals surface area contributed by atoms with Gasteiger partial charge in [-0.2, -0.15) is 0 Å². The quantitative estimate of drug-likeness (QED) is 0.700. The van der Waals surface area contributed by atoms with Crippen molar-refractivity contribution in [2.24, 2.45) is 0 Å². The Morgan fingerprint density at radius 2 is 1.72 bits per heavy atom. The van der Waals surface area contributed by atoms with Gasteiger partial charge in [-0.15, -0.1) is 0 Å². The molecule has 142 valence electrons. The van der Waals surface area contributed by atoms with Gasteiger partial charge in [0.1, 0.15) is 18.1 Å². The predicted molar refractivity (Wildman–Crippen MR) is 97.3 cm³/mol. The van der Waals surface area contributed by atoms with Crippen LogP contribution in [0.5, 0.6) is 11.5 Å².